The van der Waals surface area contributed by atoms with E-state index in [0.717, 1.165) is 5.56 Å². The highest BCUT2D eigenvalue weighted by Crippen LogP contribution is 2.32. The van der Waals surface area contributed by atoms with E-state index in [1.165, 1.54) is 26.0 Å². The van der Waals surface area contributed by atoms with Crippen LogP contribution >= 0.6 is 0 Å². The lowest BCUT2D eigenvalue weighted by Crippen LogP contribution is -2.10. The molecule has 1 N–H and O–H groups in total. The summed E-state index contributed by atoms with van der Waals surface area (Å²) in [5, 5.41) is 0.533. The second-order valence-electron chi connectivity index (χ2n) is 6.76. The van der Waals surface area contributed by atoms with E-state index in [1.807, 2.05) is 19.1 Å². The smallest absolute Gasteiger partial charge is 0.197 e. The summed E-state index contributed by atoms with van der Waals surface area (Å²) in [5.74, 6) is 1.20. The van der Waals surface area contributed by atoms with Crippen LogP contribution in [0.1, 0.15) is 18.4 Å². The molecule has 0 spiro atoms. The number of hydrogen-bond donors (Lipinski definition) is 1. The average molecular weight is 353 g/mol. The van der Waals surface area contributed by atoms with E-state index in [-0.39, 0.29) is 11.0 Å². The van der Waals surface area contributed by atoms with E-state index in [0.29, 0.717) is 40.5 Å². The average Bonchev–Trinajstić information content (AvgIpc) is 3.46. The van der Waals surface area contributed by atoms with Crippen molar-refractivity contribution in [2.45, 2.75) is 19.8 Å². The van der Waals surface area contributed by atoms with Crippen LogP contribution in [0.3, 0.4) is 0 Å². The van der Waals surface area contributed by atoms with Crippen LogP contribution < -0.4 is 14.9 Å². The van der Waals surface area contributed by atoms with Crippen molar-refractivity contribution in [1.29, 1.82) is 0 Å². The highest BCUT2D eigenvalue weighted by Gasteiger charge is 2.23. The summed E-state index contributed by atoms with van der Waals surface area (Å²) in [6, 6.07) is 8.23. The zero-order chi connectivity index (χ0) is 18.3. The molecule has 4 rings (SSSR count). The first-order valence-electron chi connectivity index (χ1n) is 8.70. The molecule has 0 unspecified atom stereocenters. The van der Waals surface area contributed by atoms with Gasteiger partial charge in [-0.25, -0.2) is 4.39 Å². The number of ether oxygens (including phenoxy) is 2. The highest BCUT2D eigenvalue weighted by molar-refractivity contribution is 5.90. The first kappa shape index (κ1) is 16.6. The van der Waals surface area contributed by atoms with Crippen molar-refractivity contribution >= 4 is 10.9 Å². The van der Waals surface area contributed by atoms with Gasteiger partial charge < -0.3 is 14.5 Å². The number of nitrogens with one attached hydrogen (secondary N) is 1. The summed E-state index contributed by atoms with van der Waals surface area (Å²) in [5.41, 5.74) is 1.82. The van der Waals surface area contributed by atoms with Crippen molar-refractivity contribution in [3.8, 4) is 22.6 Å². The van der Waals surface area contributed by atoms with Gasteiger partial charge in [-0.05, 0) is 49.4 Å². The fraction of sp³-hybridized carbons (Fsp3) is 0.286. The summed E-state index contributed by atoms with van der Waals surface area (Å²) in [6.45, 7) is 2.53. The van der Waals surface area contributed by atoms with Gasteiger partial charge in [0.1, 0.15) is 17.3 Å². The number of hydrogen-bond acceptors (Lipinski definition) is 3. The fourth-order valence-corrected chi connectivity index (χ4v) is 3.12. The topological polar surface area (TPSA) is 51.3 Å². The van der Waals surface area contributed by atoms with Gasteiger partial charge in [0.25, 0.3) is 0 Å². The molecule has 3 aromatic rings. The van der Waals surface area contributed by atoms with E-state index in [9.17, 15) is 9.18 Å². The van der Waals surface area contributed by atoms with Crippen LogP contribution in [0.25, 0.3) is 22.0 Å². The Balaban J connectivity index is 1.84. The molecule has 26 heavy (non-hydrogen) atoms. The number of aryl methyl sites for hydroxylation is 1. The van der Waals surface area contributed by atoms with Crippen molar-refractivity contribution in [3.63, 3.8) is 0 Å². The largest absolute Gasteiger partial charge is 0.497 e. The maximum absolute atomic E-state index is 14.4. The highest BCUT2D eigenvalue weighted by atomic mass is 19.1. The van der Waals surface area contributed by atoms with E-state index in [4.69, 9.17) is 9.47 Å². The number of fused-ring (bicyclic) bond motifs is 1. The Hall–Kier alpha value is -2.82. The monoisotopic (exact) mass is 353 g/mol. The SMILES string of the molecule is COc1ccc(-c2c[nH]c3c(OCC4CC4)ccc(C)c3c2=O)c(F)c1. The third-order valence-electron chi connectivity index (χ3n) is 4.85. The Bertz CT molecular complexity index is 1040. The molecule has 0 radical (unpaired) electrons. The van der Waals surface area contributed by atoms with Crippen LogP contribution in [0.4, 0.5) is 4.39 Å². The molecular weight excluding hydrogens is 333 g/mol. The maximum atomic E-state index is 14.4. The molecule has 1 aliphatic rings. The first-order valence-corrected chi connectivity index (χ1v) is 8.70. The van der Waals surface area contributed by atoms with Gasteiger partial charge in [-0.3, -0.25) is 4.79 Å². The Morgan fingerprint density at radius 3 is 2.69 bits per heavy atom. The van der Waals surface area contributed by atoms with Crippen LogP contribution in [0.2, 0.25) is 0 Å². The van der Waals surface area contributed by atoms with Crippen LogP contribution in [-0.4, -0.2) is 18.7 Å². The molecule has 5 heteroatoms. The van der Waals surface area contributed by atoms with Crippen molar-refractivity contribution in [3.05, 3.63) is 58.1 Å². The number of pyridine rings is 1. The molecule has 0 aliphatic heterocycles. The molecular formula is C21H20FNO3. The number of halogens is 1. The normalized spacial score (nSPS) is 13.8. The Morgan fingerprint density at radius 1 is 1.19 bits per heavy atom. The predicted octanol–water partition coefficient (Wildman–Crippen LogP) is 4.44. The van der Waals surface area contributed by atoms with Crippen LogP contribution in [0.15, 0.2) is 41.3 Å². The van der Waals surface area contributed by atoms with Crippen molar-refractivity contribution in [2.24, 2.45) is 5.92 Å². The Kier molecular flexibility index (Phi) is 4.15. The lowest BCUT2D eigenvalue weighted by atomic mass is 10.0. The second-order valence-corrected chi connectivity index (χ2v) is 6.76. The number of methoxy groups -OCH3 is 1. The zero-order valence-electron chi connectivity index (χ0n) is 14.8. The standard InChI is InChI=1S/C21H20FNO3/c1-12-3-8-18(26-11-13-4-5-13)20-19(12)21(24)16(10-23-20)15-7-6-14(25-2)9-17(15)22/h3,6-10,13H,4-5,11H2,1-2H3,(H,23,24). The van der Waals surface area contributed by atoms with Crippen LogP contribution in [0, 0.1) is 18.7 Å². The molecule has 1 saturated carbocycles. The minimum atomic E-state index is -0.493. The lowest BCUT2D eigenvalue weighted by Gasteiger charge is -2.12. The molecule has 2 aromatic carbocycles. The van der Waals surface area contributed by atoms with Crippen molar-refractivity contribution in [1.82, 2.24) is 4.98 Å². The zero-order valence-corrected chi connectivity index (χ0v) is 14.8. The molecule has 0 amide bonds. The van der Waals surface area contributed by atoms with E-state index in [2.05, 4.69) is 4.98 Å². The Morgan fingerprint density at radius 2 is 2.00 bits per heavy atom. The predicted molar refractivity (Wildman–Crippen MR) is 99.5 cm³/mol. The molecule has 0 bridgehead atoms. The summed E-state index contributed by atoms with van der Waals surface area (Å²) in [7, 11) is 1.48. The van der Waals surface area contributed by atoms with Gasteiger partial charge in [0.05, 0.1) is 24.6 Å². The Labute approximate surface area is 150 Å². The third kappa shape index (κ3) is 2.94. The quantitative estimate of drug-likeness (QED) is 0.738. The third-order valence-corrected chi connectivity index (χ3v) is 4.85. The minimum absolute atomic E-state index is 0.211. The van der Waals surface area contributed by atoms with Gasteiger partial charge in [-0.1, -0.05) is 6.07 Å². The van der Waals surface area contributed by atoms with Crippen LogP contribution in [0.5, 0.6) is 11.5 Å². The first-order chi connectivity index (χ1) is 12.6. The number of aromatic nitrogens is 1. The van der Waals surface area contributed by atoms with Gasteiger partial charge in [0.15, 0.2) is 5.43 Å². The molecule has 0 atom stereocenters. The molecule has 1 aromatic heterocycles. The van der Waals surface area contributed by atoms with Crippen molar-refractivity contribution < 1.29 is 13.9 Å². The summed E-state index contributed by atoms with van der Waals surface area (Å²) in [6.07, 6.45) is 3.95. The van der Waals surface area contributed by atoms with Gasteiger partial charge in [0, 0.05) is 23.4 Å². The fourth-order valence-electron chi connectivity index (χ4n) is 3.12. The molecule has 4 nitrogen and oxygen atoms in total. The summed E-state index contributed by atoms with van der Waals surface area (Å²) in [4.78, 5) is 16.2. The van der Waals surface area contributed by atoms with Crippen molar-refractivity contribution in [2.75, 3.05) is 13.7 Å². The molecule has 1 heterocycles. The second kappa shape index (κ2) is 6.48. The van der Waals surface area contributed by atoms with Gasteiger partial charge in [-0.15, -0.1) is 0 Å². The number of H-pyrrole nitrogens is 1. The molecule has 1 aliphatic carbocycles. The van der Waals surface area contributed by atoms with E-state index < -0.39 is 5.82 Å². The molecule has 0 saturated heterocycles. The maximum Gasteiger partial charge on any atom is 0.197 e. The van der Waals surface area contributed by atoms with Gasteiger partial charge >= 0.3 is 0 Å². The molecule has 1 fully saturated rings. The number of rotatable bonds is 5. The van der Waals surface area contributed by atoms with Gasteiger partial charge in [0.2, 0.25) is 0 Å². The summed E-state index contributed by atoms with van der Waals surface area (Å²) >= 11 is 0. The minimum Gasteiger partial charge on any atom is -0.497 e. The molecule has 134 valence electrons. The van der Waals surface area contributed by atoms with Gasteiger partial charge in [-0.2, -0.15) is 0 Å². The van der Waals surface area contributed by atoms with E-state index in [1.54, 1.807) is 18.3 Å². The number of benzene rings is 2. The summed E-state index contributed by atoms with van der Waals surface area (Å²) < 4.78 is 25.4. The van der Waals surface area contributed by atoms with Crippen LogP contribution in [-0.2, 0) is 0 Å². The number of aromatic amines is 1. The van der Waals surface area contributed by atoms with E-state index >= 15 is 0 Å². The lowest BCUT2D eigenvalue weighted by molar-refractivity contribution is 0.302.